The van der Waals surface area contributed by atoms with Crippen LogP contribution in [0.3, 0.4) is 0 Å². The average molecular weight is 329 g/mol. The molecular formula is C19H27N3O2. The molecule has 0 aromatic heterocycles. The summed E-state index contributed by atoms with van der Waals surface area (Å²) in [6.07, 6.45) is 4.47. The van der Waals surface area contributed by atoms with Gasteiger partial charge >= 0.3 is 0 Å². The highest BCUT2D eigenvalue weighted by molar-refractivity contribution is 5.96. The standard InChI is InChI=1S/C19H27N3O2/c1-13-11-17(13)19(24)22-16-6-4-15(5-7-16)18(23)21-10-8-14-3-2-9-20-12-14/h4-7,13-14,17,20H,2-3,8-12H2,1H3,(H,21,23)(H,22,24). The first kappa shape index (κ1) is 17.0. The lowest BCUT2D eigenvalue weighted by molar-refractivity contribution is -0.117. The fourth-order valence-corrected chi connectivity index (χ4v) is 3.29. The zero-order valence-corrected chi connectivity index (χ0v) is 14.3. The third-order valence-corrected chi connectivity index (χ3v) is 5.10. The van der Waals surface area contributed by atoms with E-state index in [0.717, 1.165) is 31.6 Å². The van der Waals surface area contributed by atoms with Crippen LogP contribution in [0.25, 0.3) is 0 Å². The molecule has 1 aromatic carbocycles. The minimum atomic E-state index is -0.0486. The fraction of sp³-hybridized carbons (Fsp3) is 0.579. The predicted octanol–water partition coefficient (Wildman–Crippen LogP) is 2.40. The van der Waals surface area contributed by atoms with Crippen LogP contribution in [0.15, 0.2) is 24.3 Å². The normalized spacial score (nSPS) is 25.8. The Hall–Kier alpha value is -1.88. The monoisotopic (exact) mass is 329 g/mol. The van der Waals surface area contributed by atoms with Gasteiger partial charge in [0.05, 0.1) is 0 Å². The van der Waals surface area contributed by atoms with Gasteiger partial charge in [0, 0.05) is 23.7 Å². The Labute approximate surface area is 143 Å². The Morgan fingerprint density at radius 2 is 2.00 bits per heavy atom. The van der Waals surface area contributed by atoms with Gasteiger partial charge in [-0.3, -0.25) is 9.59 Å². The summed E-state index contributed by atoms with van der Waals surface area (Å²) in [4.78, 5) is 24.1. The van der Waals surface area contributed by atoms with Gasteiger partial charge in [-0.1, -0.05) is 6.92 Å². The number of hydrogen-bond donors (Lipinski definition) is 3. The molecule has 2 amide bonds. The summed E-state index contributed by atoms with van der Waals surface area (Å²) in [5, 5.41) is 9.29. The van der Waals surface area contributed by atoms with Crippen LogP contribution in [0, 0.1) is 17.8 Å². The molecule has 1 heterocycles. The van der Waals surface area contributed by atoms with Gasteiger partial charge in [-0.25, -0.2) is 0 Å². The van der Waals surface area contributed by atoms with Crippen molar-refractivity contribution in [1.82, 2.24) is 10.6 Å². The number of amides is 2. The molecule has 5 heteroatoms. The van der Waals surface area contributed by atoms with Gasteiger partial charge in [-0.05, 0) is 74.9 Å². The second-order valence-corrected chi connectivity index (χ2v) is 7.14. The zero-order chi connectivity index (χ0) is 16.9. The Morgan fingerprint density at radius 3 is 2.62 bits per heavy atom. The topological polar surface area (TPSA) is 70.2 Å². The van der Waals surface area contributed by atoms with Crippen molar-refractivity contribution in [2.24, 2.45) is 17.8 Å². The molecule has 3 N–H and O–H groups in total. The summed E-state index contributed by atoms with van der Waals surface area (Å²) in [7, 11) is 0. The number of carbonyl (C=O) groups excluding carboxylic acids is 2. The van der Waals surface area contributed by atoms with Crippen LogP contribution >= 0.6 is 0 Å². The SMILES string of the molecule is CC1CC1C(=O)Nc1ccc(C(=O)NCCC2CCCNC2)cc1. The maximum absolute atomic E-state index is 12.2. The van der Waals surface area contributed by atoms with Crippen molar-refractivity contribution < 1.29 is 9.59 Å². The lowest BCUT2D eigenvalue weighted by Gasteiger charge is -2.22. The summed E-state index contributed by atoms with van der Waals surface area (Å²) in [6.45, 7) is 4.97. The molecule has 0 radical (unpaired) electrons. The molecule has 1 aliphatic carbocycles. The number of piperidine rings is 1. The molecule has 130 valence electrons. The number of hydrogen-bond acceptors (Lipinski definition) is 3. The van der Waals surface area contributed by atoms with Crippen molar-refractivity contribution in [2.75, 3.05) is 25.0 Å². The Balaban J connectivity index is 1.42. The van der Waals surface area contributed by atoms with Crippen molar-refractivity contribution in [3.63, 3.8) is 0 Å². The van der Waals surface area contributed by atoms with Crippen molar-refractivity contribution in [3.05, 3.63) is 29.8 Å². The first-order valence-corrected chi connectivity index (χ1v) is 9.03. The summed E-state index contributed by atoms with van der Waals surface area (Å²) >= 11 is 0. The van der Waals surface area contributed by atoms with E-state index in [4.69, 9.17) is 0 Å². The second kappa shape index (κ2) is 7.79. The summed E-state index contributed by atoms with van der Waals surface area (Å²) in [5.41, 5.74) is 1.39. The van der Waals surface area contributed by atoms with Crippen LogP contribution in [0.5, 0.6) is 0 Å². The molecule has 1 aromatic rings. The summed E-state index contributed by atoms with van der Waals surface area (Å²) in [5.74, 6) is 1.35. The molecule has 1 saturated carbocycles. The van der Waals surface area contributed by atoms with Gasteiger partial charge < -0.3 is 16.0 Å². The predicted molar refractivity (Wildman–Crippen MR) is 94.9 cm³/mol. The van der Waals surface area contributed by atoms with E-state index < -0.39 is 0 Å². The number of rotatable bonds is 6. The third-order valence-electron chi connectivity index (χ3n) is 5.10. The molecule has 24 heavy (non-hydrogen) atoms. The summed E-state index contributed by atoms with van der Waals surface area (Å²) in [6, 6.07) is 7.13. The van der Waals surface area contributed by atoms with E-state index in [1.165, 1.54) is 12.8 Å². The van der Waals surface area contributed by atoms with Crippen LogP contribution in [-0.4, -0.2) is 31.4 Å². The van der Waals surface area contributed by atoms with E-state index in [1.54, 1.807) is 24.3 Å². The number of nitrogens with one attached hydrogen (secondary N) is 3. The first-order valence-electron chi connectivity index (χ1n) is 9.03. The minimum Gasteiger partial charge on any atom is -0.352 e. The van der Waals surface area contributed by atoms with E-state index >= 15 is 0 Å². The van der Waals surface area contributed by atoms with E-state index in [9.17, 15) is 9.59 Å². The smallest absolute Gasteiger partial charge is 0.251 e. The Kier molecular flexibility index (Phi) is 5.51. The highest BCUT2D eigenvalue weighted by Gasteiger charge is 2.39. The van der Waals surface area contributed by atoms with E-state index in [1.807, 2.05) is 0 Å². The molecular weight excluding hydrogens is 302 g/mol. The lowest BCUT2D eigenvalue weighted by Crippen LogP contribution is -2.33. The van der Waals surface area contributed by atoms with Gasteiger partial charge in [0.2, 0.25) is 5.91 Å². The van der Waals surface area contributed by atoms with Crippen LogP contribution in [-0.2, 0) is 4.79 Å². The van der Waals surface area contributed by atoms with Gasteiger partial charge in [0.15, 0.2) is 0 Å². The largest absolute Gasteiger partial charge is 0.352 e. The highest BCUT2D eigenvalue weighted by Crippen LogP contribution is 2.38. The third kappa shape index (κ3) is 4.57. The summed E-state index contributed by atoms with van der Waals surface area (Å²) < 4.78 is 0. The molecule has 0 bridgehead atoms. The molecule has 1 saturated heterocycles. The molecule has 2 fully saturated rings. The first-order chi connectivity index (χ1) is 11.6. The molecule has 3 rings (SSSR count). The number of anilines is 1. The molecule has 3 atom stereocenters. The highest BCUT2D eigenvalue weighted by atomic mass is 16.2. The fourth-order valence-electron chi connectivity index (χ4n) is 3.29. The maximum atomic E-state index is 12.2. The lowest BCUT2D eigenvalue weighted by atomic mass is 9.96. The number of benzene rings is 1. The molecule has 1 aliphatic heterocycles. The molecule has 3 unspecified atom stereocenters. The maximum Gasteiger partial charge on any atom is 0.251 e. The number of carbonyl (C=O) groups is 2. The molecule has 0 spiro atoms. The second-order valence-electron chi connectivity index (χ2n) is 7.14. The zero-order valence-electron chi connectivity index (χ0n) is 14.3. The van der Waals surface area contributed by atoms with Crippen LogP contribution in [0.1, 0.15) is 43.0 Å². The van der Waals surface area contributed by atoms with Gasteiger partial charge in [0.25, 0.3) is 5.91 Å². The van der Waals surface area contributed by atoms with Crippen molar-refractivity contribution in [2.45, 2.75) is 32.6 Å². The van der Waals surface area contributed by atoms with Crippen LogP contribution < -0.4 is 16.0 Å². The van der Waals surface area contributed by atoms with E-state index in [0.29, 0.717) is 23.9 Å². The Morgan fingerprint density at radius 1 is 1.25 bits per heavy atom. The average Bonchev–Trinajstić information content (AvgIpc) is 3.33. The Bertz CT molecular complexity index is 579. The van der Waals surface area contributed by atoms with Crippen molar-refractivity contribution in [3.8, 4) is 0 Å². The minimum absolute atomic E-state index is 0.0486. The van der Waals surface area contributed by atoms with E-state index in [-0.39, 0.29) is 17.7 Å². The van der Waals surface area contributed by atoms with Gasteiger partial charge in [-0.2, -0.15) is 0 Å². The van der Waals surface area contributed by atoms with Crippen LogP contribution in [0.4, 0.5) is 5.69 Å². The van der Waals surface area contributed by atoms with Crippen molar-refractivity contribution >= 4 is 17.5 Å². The van der Waals surface area contributed by atoms with E-state index in [2.05, 4.69) is 22.9 Å². The molecule has 2 aliphatic rings. The van der Waals surface area contributed by atoms with Crippen LogP contribution in [0.2, 0.25) is 0 Å². The van der Waals surface area contributed by atoms with Gasteiger partial charge in [-0.15, -0.1) is 0 Å². The van der Waals surface area contributed by atoms with Gasteiger partial charge in [0.1, 0.15) is 0 Å². The van der Waals surface area contributed by atoms with Crippen molar-refractivity contribution in [1.29, 1.82) is 0 Å². The molecule has 5 nitrogen and oxygen atoms in total. The quantitative estimate of drug-likeness (QED) is 0.750.